The van der Waals surface area contributed by atoms with Gasteiger partial charge < -0.3 is 9.80 Å². The van der Waals surface area contributed by atoms with E-state index in [2.05, 4.69) is 21.8 Å². The van der Waals surface area contributed by atoms with E-state index in [1.54, 1.807) is 12.4 Å². The second kappa shape index (κ2) is 6.50. The minimum absolute atomic E-state index is 0.103. The van der Waals surface area contributed by atoms with Gasteiger partial charge in [-0.25, -0.2) is 4.98 Å². The van der Waals surface area contributed by atoms with Crippen molar-refractivity contribution >= 4 is 28.2 Å². The molecule has 5 nitrogen and oxygen atoms in total. The Bertz CT molecular complexity index is 977. The van der Waals surface area contributed by atoms with Crippen molar-refractivity contribution in [3.05, 3.63) is 64.2 Å². The van der Waals surface area contributed by atoms with Gasteiger partial charge in [-0.05, 0) is 31.3 Å². The fourth-order valence-electron chi connectivity index (χ4n) is 3.26. The zero-order valence-corrected chi connectivity index (χ0v) is 14.8. The lowest BCUT2D eigenvalue weighted by Gasteiger charge is -2.34. The highest BCUT2D eigenvalue weighted by Gasteiger charge is 2.18. The predicted octanol–water partition coefficient (Wildman–Crippen LogP) is 2.79. The molecule has 6 heteroatoms. The van der Waals surface area contributed by atoms with E-state index in [1.165, 1.54) is 4.57 Å². The van der Waals surface area contributed by atoms with Gasteiger partial charge in [0, 0.05) is 26.2 Å². The summed E-state index contributed by atoms with van der Waals surface area (Å²) < 4.78 is 1.51. The van der Waals surface area contributed by atoms with E-state index < -0.39 is 0 Å². The van der Waals surface area contributed by atoms with Crippen LogP contribution < -0.4 is 10.5 Å². The fraction of sp³-hybridized carbons (Fsp3) is 0.263. The van der Waals surface area contributed by atoms with Gasteiger partial charge in [-0.3, -0.25) is 9.36 Å². The number of fused-ring (bicyclic) bond motifs is 1. The van der Waals surface area contributed by atoms with E-state index in [1.807, 2.05) is 36.4 Å². The minimum Gasteiger partial charge on any atom is -0.367 e. The molecule has 0 aliphatic carbocycles. The van der Waals surface area contributed by atoms with Crippen molar-refractivity contribution in [3.8, 4) is 5.69 Å². The Morgan fingerprint density at radius 2 is 1.68 bits per heavy atom. The third-order valence-corrected chi connectivity index (χ3v) is 5.04. The third-order valence-electron chi connectivity index (χ3n) is 4.72. The minimum atomic E-state index is -0.103. The van der Waals surface area contributed by atoms with Crippen LogP contribution >= 0.6 is 11.6 Å². The summed E-state index contributed by atoms with van der Waals surface area (Å²) in [5, 5.41) is 1.14. The number of anilines is 1. The van der Waals surface area contributed by atoms with Crippen LogP contribution in [0.25, 0.3) is 16.6 Å². The van der Waals surface area contributed by atoms with E-state index in [0.717, 1.165) is 37.4 Å². The summed E-state index contributed by atoms with van der Waals surface area (Å²) in [6.45, 7) is 3.88. The largest absolute Gasteiger partial charge is 0.367 e. The van der Waals surface area contributed by atoms with Gasteiger partial charge in [-0.1, -0.05) is 29.8 Å². The second-order valence-electron chi connectivity index (χ2n) is 6.33. The molecule has 1 fully saturated rings. The van der Waals surface area contributed by atoms with Crippen LogP contribution in [0.1, 0.15) is 0 Å². The van der Waals surface area contributed by atoms with Gasteiger partial charge >= 0.3 is 0 Å². The predicted molar refractivity (Wildman–Crippen MR) is 102 cm³/mol. The molecule has 0 atom stereocenters. The molecular formula is C19H19ClN4O. The molecule has 0 N–H and O–H groups in total. The monoisotopic (exact) mass is 354 g/mol. The van der Waals surface area contributed by atoms with E-state index in [0.29, 0.717) is 16.1 Å². The van der Waals surface area contributed by atoms with Crippen LogP contribution in [0.15, 0.2) is 53.6 Å². The molecule has 1 saturated heterocycles. The molecule has 0 spiro atoms. The summed E-state index contributed by atoms with van der Waals surface area (Å²) in [6, 6.07) is 13.1. The Balaban J connectivity index is 1.84. The molecule has 0 unspecified atom stereocenters. The Morgan fingerprint density at radius 1 is 0.960 bits per heavy atom. The van der Waals surface area contributed by atoms with Gasteiger partial charge in [0.05, 0.1) is 21.8 Å². The SMILES string of the molecule is CN1CCN(c2cccc3c(=O)n(-c4ccccc4Cl)cnc23)CC1. The molecule has 0 saturated carbocycles. The lowest BCUT2D eigenvalue weighted by Crippen LogP contribution is -2.44. The lowest BCUT2D eigenvalue weighted by atomic mass is 10.1. The van der Waals surface area contributed by atoms with Crippen molar-refractivity contribution in [1.29, 1.82) is 0 Å². The molecule has 25 heavy (non-hydrogen) atoms. The van der Waals surface area contributed by atoms with E-state index in [-0.39, 0.29) is 5.56 Å². The summed E-state index contributed by atoms with van der Waals surface area (Å²) in [6.07, 6.45) is 1.57. The van der Waals surface area contributed by atoms with Crippen LogP contribution in [0, 0.1) is 0 Å². The lowest BCUT2D eigenvalue weighted by molar-refractivity contribution is 0.313. The number of rotatable bonds is 2. The molecule has 0 radical (unpaired) electrons. The maximum atomic E-state index is 13.0. The van der Waals surface area contributed by atoms with Crippen LogP contribution in [0.4, 0.5) is 5.69 Å². The Labute approximate surface area is 151 Å². The molecule has 0 amide bonds. The van der Waals surface area contributed by atoms with Crippen molar-refractivity contribution in [2.24, 2.45) is 0 Å². The van der Waals surface area contributed by atoms with Crippen LogP contribution in [0.5, 0.6) is 0 Å². The highest BCUT2D eigenvalue weighted by molar-refractivity contribution is 6.32. The number of aromatic nitrogens is 2. The Kier molecular flexibility index (Phi) is 4.19. The molecule has 1 aliphatic rings. The standard InChI is InChI=1S/C19H19ClN4O/c1-22-9-11-23(12-10-22)17-8-4-5-14-18(17)21-13-24(19(14)25)16-7-3-2-6-15(16)20/h2-8,13H,9-12H2,1H3. The van der Waals surface area contributed by atoms with Crippen LogP contribution in [-0.4, -0.2) is 47.7 Å². The van der Waals surface area contributed by atoms with Crippen molar-refractivity contribution in [1.82, 2.24) is 14.5 Å². The average molecular weight is 355 g/mol. The van der Waals surface area contributed by atoms with Crippen LogP contribution in [0.3, 0.4) is 0 Å². The van der Waals surface area contributed by atoms with Crippen molar-refractivity contribution in [2.45, 2.75) is 0 Å². The number of hydrogen-bond donors (Lipinski definition) is 0. The summed E-state index contributed by atoms with van der Waals surface area (Å²) in [7, 11) is 2.13. The number of hydrogen-bond acceptors (Lipinski definition) is 4. The number of halogens is 1. The Morgan fingerprint density at radius 3 is 2.44 bits per heavy atom. The smallest absolute Gasteiger partial charge is 0.265 e. The molecular weight excluding hydrogens is 336 g/mol. The zero-order valence-electron chi connectivity index (χ0n) is 14.0. The van der Waals surface area contributed by atoms with Crippen molar-refractivity contribution in [3.63, 3.8) is 0 Å². The first-order valence-corrected chi connectivity index (χ1v) is 8.72. The van der Waals surface area contributed by atoms with Gasteiger partial charge in [0.25, 0.3) is 5.56 Å². The molecule has 1 aliphatic heterocycles. The maximum absolute atomic E-state index is 13.0. The first-order chi connectivity index (χ1) is 12.1. The quantitative estimate of drug-likeness (QED) is 0.709. The normalized spacial score (nSPS) is 15.7. The van der Waals surface area contributed by atoms with Gasteiger partial charge in [0.1, 0.15) is 11.8 Å². The number of benzene rings is 2. The van der Waals surface area contributed by atoms with Gasteiger partial charge in [-0.15, -0.1) is 0 Å². The van der Waals surface area contributed by atoms with Crippen LogP contribution in [0.2, 0.25) is 5.02 Å². The number of para-hydroxylation sites is 2. The summed E-state index contributed by atoms with van der Waals surface area (Å²) in [5.74, 6) is 0. The molecule has 128 valence electrons. The van der Waals surface area contributed by atoms with Gasteiger partial charge in [-0.2, -0.15) is 0 Å². The second-order valence-corrected chi connectivity index (χ2v) is 6.74. The number of likely N-dealkylation sites (N-methyl/N-ethyl adjacent to an activating group) is 1. The van der Waals surface area contributed by atoms with Gasteiger partial charge in [0.2, 0.25) is 0 Å². The zero-order chi connectivity index (χ0) is 17.4. The molecule has 1 aromatic heterocycles. The summed E-state index contributed by atoms with van der Waals surface area (Å²) in [4.78, 5) is 22.2. The molecule has 2 heterocycles. The molecule has 0 bridgehead atoms. The highest BCUT2D eigenvalue weighted by atomic mass is 35.5. The average Bonchev–Trinajstić information content (AvgIpc) is 2.63. The van der Waals surface area contributed by atoms with Crippen molar-refractivity contribution in [2.75, 3.05) is 38.1 Å². The first-order valence-electron chi connectivity index (χ1n) is 8.34. The maximum Gasteiger partial charge on any atom is 0.265 e. The molecule has 4 rings (SSSR count). The van der Waals surface area contributed by atoms with Crippen molar-refractivity contribution < 1.29 is 0 Å². The number of nitrogens with zero attached hydrogens (tertiary/aromatic N) is 4. The first kappa shape index (κ1) is 16.1. The van der Waals surface area contributed by atoms with Gasteiger partial charge in [0.15, 0.2) is 0 Å². The summed E-state index contributed by atoms with van der Waals surface area (Å²) >= 11 is 6.25. The number of piperazine rings is 1. The molecule has 3 aromatic rings. The Hall–Kier alpha value is -2.37. The topological polar surface area (TPSA) is 41.4 Å². The van der Waals surface area contributed by atoms with E-state index >= 15 is 0 Å². The molecule has 2 aromatic carbocycles. The third kappa shape index (κ3) is 2.90. The van der Waals surface area contributed by atoms with E-state index in [4.69, 9.17) is 11.6 Å². The van der Waals surface area contributed by atoms with E-state index in [9.17, 15) is 4.79 Å². The van der Waals surface area contributed by atoms with Crippen LogP contribution in [-0.2, 0) is 0 Å². The highest BCUT2D eigenvalue weighted by Crippen LogP contribution is 2.25. The summed E-state index contributed by atoms with van der Waals surface area (Å²) in [5.41, 5.74) is 2.32. The fourth-order valence-corrected chi connectivity index (χ4v) is 3.49.